The zero-order valence-corrected chi connectivity index (χ0v) is 13.0. The van der Waals surface area contributed by atoms with Crippen LogP contribution in [0.2, 0.25) is 0 Å². The fourth-order valence-electron chi connectivity index (χ4n) is 2.45. The molecule has 0 bridgehead atoms. The van der Waals surface area contributed by atoms with E-state index in [9.17, 15) is 0 Å². The summed E-state index contributed by atoms with van der Waals surface area (Å²) in [5, 5.41) is 0. The Balaban J connectivity index is 2.07. The molecule has 1 aromatic heterocycles. The highest BCUT2D eigenvalue weighted by atomic mass is 16.5. The lowest BCUT2D eigenvalue weighted by Gasteiger charge is -2.26. The van der Waals surface area contributed by atoms with Gasteiger partial charge in [0, 0.05) is 12.6 Å². The number of ether oxygens (including phenoxy) is 1. The van der Waals surface area contributed by atoms with E-state index in [0.29, 0.717) is 13.2 Å². The summed E-state index contributed by atoms with van der Waals surface area (Å²) in [6.07, 6.45) is 0. The Morgan fingerprint density at radius 3 is 2.43 bits per heavy atom. The molecular formula is C17H24N2O2. The van der Waals surface area contributed by atoms with E-state index < -0.39 is 0 Å². The zero-order valence-electron chi connectivity index (χ0n) is 13.0. The molecule has 4 heteroatoms. The smallest absolute Gasteiger partial charge is 0.119 e. The van der Waals surface area contributed by atoms with Crippen LogP contribution in [0.1, 0.15) is 30.0 Å². The molecule has 114 valence electrons. The maximum absolute atomic E-state index is 5.96. The second-order valence-electron chi connectivity index (χ2n) is 5.18. The van der Waals surface area contributed by atoms with Gasteiger partial charge in [-0.3, -0.25) is 4.90 Å². The molecule has 0 radical (unpaired) electrons. The van der Waals surface area contributed by atoms with Crippen LogP contribution >= 0.6 is 0 Å². The number of rotatable bonds is 7. The van der Waals surface area contributed by atoms with Crippen molar-refractivity contribution in [2.24, 2.45) is 5.73 Å². The first-order chi connectivity index (χ1) is 10.1. The average Bonchev–Trinajstić information content (AvgIpc) is 2.87. The highest BCUT2D eigenvalue weighted by Crippen LogP contribution is 2.23. The summed E-state index contributed by atoms with van der Waals surface area (Å²) in [7, 11) is 2.06. The van der Waals surface area contributed by atoms with Gasteiger partial charge in [0.2, 0.25) is 0 Å². The maximum atomic E-state index is 5.96. The van der Waals surface area contributed by atoms with Gasteiger partial charge in [0.15, 0.2) is 0 Å². The van der Waals surface area contributed by atoms with Gasteiger partial charge in [-0.05, 0) is 50.7 Å². The molecule has 0 amide bonds. The molecule has 2 N–H and O–H groups in total. The molecule has 1 aromatic carbocycles. The summed E-state index contributed by atoms with van der Waals surface area (Å²) in [6, 6.07) is 12.3. The molecule has 0 saturated carbocycles. The molecule has 21 heavy (non-hydrogen) atoms. The minimum atomic E-state index is 0.158. The van der Waals surface area contributed by atoms with E-state index in [1.807, 2.05) is 38.1 Å². The van der Waals surface area contributed by atoms with E-state index in [1.54, 1.807) is 0 Å². The van der Waals surface area contributed by atoms with Gasteiger partial charge in [0.05, 0.1) is 13.2 Å². The summed E-state index contributed by atoms with van der Waals surface area (Å²) < 4.78 is 11.1. The van der Waals surface area contributed by atoms with Gasteiger partial charge >= 0.3 is 0 Å². The van der Waals surface area contributed by atoms with Crippen LogP contribution in [0.25, 0.3) is 0 Å². The van der Waals surface area contributed by atoms with Crippen molar-refractivity contribution in [3.05, 3.63) is 53.5 Å². The number of nitrogens with two attached hydrogens (primary N) is 1. The van der Waals surface area contributed by atoms with Gasteiger partial charge in [-0.2, -0.15) is 0 Å². The van der Waals surface area contributed by atoms with Crippen molar-refractivity contribution >= 4 is 0 Å². The van der Waals surface area contributed by atoms with Crippen molar-refractivity contribution in [2.45, 2.75) is 26.4 Å². The van der Waals surface area contributed by atoms with E-state index in [-0.39, 0.29) is 6.04 Å². The first-order valence-corrected chi connectivity index (χ1v) is 7.32. The number of benzene rings is 1. The van der Waals surface area contributed by atoms with Crippen LogP contribution in [0.3, 0.4) is 0 Å². The number of furan rings is 1. The molecule has 1 unspecified atom stereocenters. The Kier molecular flexibility index (Phi) is 5.42. The molecule has 4 nitrogen and oxygen atoms in total. The Hall–Kier alpha value is -1.78. The molecule has 0 saturated heterocycles. The predicted molar refractivity (Wildman–Crippen MR) is 84.3 cm³/mol. The third-order valence-corrected chi connectivity index (χ3v) is 3.53. The predicted octanol–water partition coefficient (Wildman–Crippen LogP) is 3.12. The van der Waals surface area contributed by atoms with Gasteiger partial charge in [0.1, 0.15) is 17.3 Å². The molecule has 0 aliphatic rings. The lowest BCUT2D eigenvalue weighted by Crippen LogP contribution is -2.30. The summed E-state index contributed by atoms with van der Waals surface area (Å²) in [6.45, 7) is 5.91. The highest BCUT2D eigenvalue weighted by molar-refractivity contribution is 5.29. The van der Waals surface area contributed by atoms with Crippen LogP contribution in [-0.2, 0) is 6.54 Å². The fraction of sp³-hybridized carbons (Fsp3) is 0.412. The number of hydrogen-bond acceptors (Lipinski definition) is 4. The van der Waals surface area contributed by atoms with Gasteiger partial charge in [-0.1, -0.05) is 12.1 Å². The summed E-state index contributed by atoms with van der Waals surface area (Å²) in [4.78, 5) is 2.20. The van der Waals surface area contributed by atoms with Crippen LogP contribution in [0, 0.1) is 6.92 Å². The van der Waals surface area contributed by atoms with Gasteiger partial charge in [-0.15, -0.1) is 0 Å². The zero-order chi connectivity index (χ0) is 15.2. The second kappa shape index (κ2) is 7.29. The monoisotopic (exact) mass is 288 g/mol. The van der Waals surface area contributed by atoms with Crippen molar-refractivity contribution < 1.29 is 9.15 Å². The second-order valence-corrected chi connectivity index (χ2v) is 5.18. The Morgan fingerprint density at radius 1 is 1.19 bits per heavy atom. The lowest BCUT2D eigenvalue weighted by molar-refractivity contribution is 0.221. The van der Waals surface area contributed by atoms with E-state index in [1.165, 1.54) is 5.56 Å². The molecule has 1 heterocycles. The number of nitrogens with zero attached hydrogens (tertiary/aromatic N) is 1. The fourth-order valence-corrected chi connectivity index (χ4v) is 2.45. The average molecular weight is 288 g/mol. The van der Waals surface area contributed by atoms with Crippen molar-refractivity contribution in [3.63, 3.8) is 0 Å². The molecule has 2 aromatic rings. The Labute approximate surface area is 126 Å². The lowest BCUT2D eigenvalue weighted by atomic mass is 10.1. The minimum Gasteiger partial charge on any atom is -0.494 e. The number of hydrogen-bond donors (Lipinski definition) is 1. The molecule has 2 rings (SSSR count). The van der Waals surface area contributed by atoms with Gasteiger partial charge in [0.25, 0.3) is 0 Å². The minimum absolute atomic E-state index is 0.158. The quantitative estimate of drug-likeness (QED) is 0.850. The third-order valence-electron chi connectivity index (χ3n) is 3.53. The Morgan fingerprint density at radius 2 is 1.90 bits per heavy atom. The molecular weight excluding hydrogens is 264 g/mol. The van der Waals surface area contributed by atoms with Crippen molar-refractivity contribution in [1.82, 2.24) is 4.90 Å². The van der Waals surface area contributed by atoms with Crippen LogP contribution < -0.4 is 10.5 Å². The molecule has 0 aliphatic heterocycles. The van der Waals surface area contributed by atoms with E-state index in [2.05, 4.69) is 24.1 Å². The normalized spacial score (nSPS) is 12.6. The van der Waals surface area contributed by atoms with Crippen LogP contribution in [-0.4, -0.2) is 25.1 Å². The van der Waals surface area contributed by atoms with Crippen LogP contribution in [0.15, 0.2) is 40.8 Å². The maximum Gasteiger partial charge on any atom is 0.119 e. The van der Waals surface area contributed by atoms with Crippen LogP contribution in [0.4, 0.5) is 0 Å². The van der Waals surface area contributed by atoms with Crippen molar-refractivity contribution in [3.8, 4) is 5.75 Å². The molecule has 1 atom stereocenters. The van der Waals surface area contributed by atoms with Gasteiger partial charge in [-0.25, -0.2) is 0 Å². The summed E-state index contributed by atoms with van der Waals surface area (Å²) in [5.74, 6) is 2.78. The summed E-state index contributed by atoms with van der Waals surface area (Å²) >= 11 is 0. The van der Waals surface area contributed by atoms with Crippen LogP contribution in [0.5, 0.6) is 5.75 Å². The molecule has 0 spiro atoms. The first-order valence-electron chi connectivity index (χ1n) is 7.32. The first kappa shape index (κ1) is 15.6. The highest BCUT2D eigenvalue weighted by Gasteiger charge is 2.17. The molecule has 0 aliphatic carbocycles. The van der Waals surface area contributed by atoms with E-state index in [0.717, 1.165) is 23.8 Å². The van der Waals surface area contributed by atoms with Gasteiger partial charge < -0.3 is 14.9 Å². The topological polar surface area (TPSA) is 51.6 Å². The standard InChI is InChI=1S/C17H24N2O2/c1-4-20-15-9-6-14(7-10-15)17(11-18)19(3)12-16-8-5-13(2)21-16/h5-10,17H,4,11-12,18H2,1-3H3. The van der Waals surface area contributed by atoms with E-state index in [4.69, 9.17) is 14.9 Å². The largest absolute Gasteiger partial charge is 0.494 e. The summed E-state index contributed by atoms with van der Waals surface area (Å²) in [5.41, 5.74) is 7.14. The van der Waals surface area contributed by atoms with Crippen molar-refractivity contribution in [1.29, 1.82) is 0 Å². The van der Waals surface area contributed by atoms with Crippen molar-refractivity contribution in [2.75, 3.05) is 20.2 Å². The third kappa shape index (κ3) is 4.09. The number of likely N-dealkylation sites (N-methyl/N-ethyl adjacent to an activating group) is 1. The Bertz CT molecular complexity index is 548. The van der Waals surface area contributed by atoms with E-state index >= 15 is 0 Å². The molecule has 0 fully saturated rings. The SMILES string of the molecule is CCOc1ccc(C(CN)N(C)Cc2ccc(C)o2)cc1. The number of aryl methyl sites for hydroxylation is 1.